The maximum Gasteiger partial charge on any atom is 0.326 e. The van der Waals surface area contributed by atoms with E-state index in [0.717, 1.165) is 10.2 Å². The Morgan fingerprint density at radius 1 is 1.29 bits per heavy atom. The first kappa shape index (κ1) is 18.8. The molecule has 0 amide bonds. The van der Waals surface area contributed by atoms with Crippen molar-refractivity contribution in [3.63, 3.8) is 0 Å². The minimum atomic E-state index is -0.969. The number of carbonyl (C=O) groups is 1. The van der Waals surface area contributed by atoms with Gasteiger partial charge in [-0.2, -0.15) is 26.7 Å². The van der Waals surface area contributed by atoms with Crippen LogP contribution in [0.25, 0.3) is 0 Å². The summed E-state index contributed by atoms with van der Waals surface area (Å²) in [6.45, 7) is 0. The number of benzene rings is 1. The van der Waals surface area contributed by atoms with Gasteiger partial charge in [0.05, 0.1) is 0 Å². The molecule has 1 atom stereocenters. The molecule has 10 heteroatoms. The van der Waals surface area contributed by atoms with Crippen molar-refractivity contribution in [3.8, 4) is 0 Å². The van der Waals surface area contributed by atoms with E-state index < -0.39 is 12.0 Å². The van der Waals surface area contributed by atoms with Gasteiger partial charge in [0.1, 0.15) is 6.04 Å². The zero-order chi connectivity index (χ0) is 17.5. The Hall–Kier alpha value is -1.58. The topological polar surface area (TPSA) is 100 Å². The molecular formula is C14H15BrClN5O2S. The Bertz CT molecular complexity index is 704. The molecule has 7 nitrogen and oxygen atoms in total. The van der Waals surface area contributed by atoms with Crippen LogP contribution in [0.4, 0.5) is 17.6 Å². The van der Waals surface area contributed by atoms with E-state index >= 15 is 0 Å². The lowest BCUT2D eigenvalue weighted by Crippen LogP contribution is -2.31. The van der Waals surface area contributed by atoms with Crippen LogP contribution in [-0.2, 0) is 4.79 Å². The van der Waals surface area contributed by atoms with Crippen LogP contribution in [0, 0.1) is 0 Å². The van der Waals surface area contributed by atoms with Gasteiger partial charge in [-0.15, -0.1) is 0 Å². The SMILES string of the molecule is CSCC[C@H](Nc1nc(Cl)nc(Nc2ccc(Br)cc2)n1)C(=O)O. The molecule has 128 valence electrons. The summed E-state index contributed by atoms with van der Waals surface area (Å²) in [4.78, 5) is 23.4. The standard InChI is InChI=1S/C14H15BrClN5O2S/c1-24-7-6-10(11(22)23)18-14-20-12(16)19-13(21-14)17-9-4-2-8(15)3-5-9/h2-5,10H,6-7H2,1H3,(H,22,23)(H2,17,18,19,20,21)/t10-/m0/s1. The molecule has 0 aliphatic rings. The van der Waals surface area contributed by atoms with Gasteiger partial charge < -0.3 is 15.7 Å². The fourth-order valence-corrected chi connectivity index (χ4v) is 2.68. The third-order valence-corrected chi connectivity index (χ3v) is 4.26. The highest BCUT2D eigenvalue weighted by Crippen LogP contribution is 2.19. The lowest BCUT2D eigenvalue weighted by Gasteiger charge is -2.14. The highest BCUT2D eigenvalue weighted by molar-refractivity contribution is 9.10. The van der Waals surface area contributed by atoms with E-state index in [9.17, 15) is 9.90 Å². The summed E-state index contributed by atoms with van der Waals surface area (Å²) >= 11 is 10.8. The quantitative estimate of drug-likeness (QED) is 0.581. The molecule has 0 radical (unpaired) electrons. The minimum Gasteiger partial charge on any atom is -0.480 e. The van der Waals surface area contributed by atoms with Gasteiger partial charge in [0.15, 0.2) is 0 Å². The van der Waals surface area contributed by atoms with Gasteiger partial charge in [-0.3, -0.25) is 0 Å². The van der Waals surface area contributed by atoms with Crippen LogP contribution in [-0.4, -0.2) is 44.1 Å². The molecule has 1 aromatic carbocycles. The normalized spacial score (nSPS) is 11.8. The molecule has 0 bridgehead atoms. The minimum absolute atomic E-state index is 0.0267. The van der Waals surface area contributed by atoms with Gasteiger partial charge in [-0.25, -0.2) is 4.79 Å². The van der Waals surface area contributed by atoms with Gasteiger partial charge in [0, 0.05) is 10.2 Å². The van der Waals surface area contributed by atoms with Crippen LogP contribution < -0.4 is 10.6 Å². The molecule has 0 saturated heterocycles. The number of nitrogens with zero attached hydrogens (tertiary/aromatic N) is 3. The number of hydrogen-bond acceptors (Lipinski definition) is 7. The number of anilines is 3. The van der Waals surface area contributed by atoms with Crippen molar-refractivity contribution in [2.75, 3.05) is 22.6 Å². The second kappa shape index (κ2) is 9.05. The molecule has 2 aromatic rings. The van der Waals surface area contributed by atoms with E-state index in [1.54, 1.807) is 11.8 Å². The maximum atomic E-state index is 11.3. The Morgan fingerprint density at radius 2 is 1.96 bits per heavy atom. The van der Waals surface area contributed by atoms with E-state index in [2.05, 4.69) is 41.5 Å². The number of halogens is 2. The number of nitrogens with one attached hydrogen (secondary N) is 2. The summed E-state index contributed by atoms with van der Waals surface area (Å²) in [7, 11) is 0. The van der Waals surface area contributed by atoms with Crippen LogP contribution >= 0.6 is 39.3 Å². The Morgan fingerprint density at radius 3 is 2.58 bits per heavy atom. The van der Waals surface area contributed by atoms with Gasteiger partial charge in [-0.05, 0) is 54.3 Å². The predicted octanol–water partition coefficient (Wildman–Crippen LogP) is 3.65. The smallest absolute Gasteiger partial charge is 0.326 e. The zero-order valence-corrected chi connectivity index (χ0v) is 15.8. The number of aromatic nitrogens is 3. The first-order chi connectivity index (χ1) is 11.5. The van der Waals surface area contributed by atoms with E-state index in [-0.39, 0.29) is 17.2 Å². The van der Waals surface area contributed by atoms with Crippen molar-refractivity contribution >= 4 is 62.8 Å². The molecule has 0 unspecified atom stereocenters. The first-order valence-corrected chi connectivity index (χ1v) is 9.47. The van der Waals surface area contributed by atoms with Gasteiger partial charge in [-0.1, -0.05) is 15.9 Å². The average Bonchev–Trinajstić information content (AvgIpc) is 2.53. The summed E-state index contributed by atoms with van der Waals surface area (Å²) in [6.07, 6.45) is 2.36. The Kier molecular flexibility index (Phi) is 7.07. The molecule has 3 N–H and O–H groups in total. The number of thioether (sulfide) groups is 1. The largest absolute Gasteiger partial charge is 0.480 e. The monoisotopic (exact) mass is 431 g/mol. The van der Waals surface area contributed by atoms with Crippen LogP contribution in [0.3, 0.4) is 0 Å². The fraction of sp³-hybridized carbons (Fsp3) is 0.286. The van der Waals surface area contributed by atoms with Crippen LogP contribution in [0.1, 0.15) is 6.42 Å². The van der Waals surface area contributed by atoms with E-state index in [1.165, 1.54) is 0 Å². The van der Waals surface area contributed by atoms with Gasteiger partial charge in [0.2, 0.25) is 17.2 Å². The van der Waals surface area contributed by atoms with Crippen molar-refractivity contribution in [1.82, 2.24) is 15.0 Å². The number of carboxylic acids is 1. The molecule has 0 saturated carbocycles. The van der Waals surface area contributed by atoms with Crippen molar-refractivity contribution < 1.29 is 9.90 Å². The van der Waals surface area contributed by atoms with Crippen molar-refractivity contribution in [2.45, 2.75) is 12.5 Å². The van der Waals surface area contributed by atoms with Crippen LogP contribution in [0.15, 0.2) is 28.7 Å². The third-order valence-electron chi connectivity index (χ3n) is 2.92. The molecule has 0 fully saturated rings. The number of hydrogen-bond donors (Lipinski definition) is 3. The summed E-state index contributed by atoms with van der Waals surface area (Å²) in [5.41, 5.74) is 0.767. The first-order valence-electron chi connectivity index (χ1n) is 6.90. The molecular weight excluding hydrogens is 418 g/mol. The Balaban J connectivity index is 2.14. The predicted molar refractivity (Wildman–Crippen MR) is 100 cm³/mol. The van der Waals surface area contributed by atoms with Crippen molar-refractivity contribution in [1.29, 1.82) is 0 Å². The summed E-state index contributed by atoms with van der Waals surface area (Å²) in [5, 5.41) is 15.0. The second-order valence-corrected chi connectivity index (χ2v) is 6.94. The number of aliphatic carboxylic acids is 1. The molecule has 1 aromatic heterocycles. The number of rotatable bonds is 8. The fourth-order valence-electron chi connectivity index (χ4n) is 1.78. The highest BCUT2D eigenvalue weighted by atomic mass is 79.9. The average molecular weight is 433 g/mol. The molecule has 0 spiro atoms. The summed E-state index contributed by atoms with van der Waals surface area (Å²) in [5.74, 6) is 0.0761. The highest BCUT2D eigenvalue weighted by Gasteiger charge is 2.18. The van der Waals surface area contributed by atoms with Crippen LogP contribution in [0.2, 0.25) is 5.28 Å². The molecule has 0 aliphatic carbocycles. The second-order valence-electron chi connectivity index (χ2n) is 4.70. The zero-order valence-electron chi connectivity index (χ0n) is 12.7. The number of carboxylic acid groups (broad SMARTS) is 1. The maximum absolute atomic E-state index is 11.3. The molecule has 1 heterocycles. The molecule has 2 rings (SSSR count). The van der Waals surface area contributed by atoms with E-state index in [1.807, 2.05) is 30.5 Å². The van der Waals surface area contributed by atoms with Crippen molar-refractivity contribution in [3.05, 3.63) is 34.0 Å². The molecule has 0 aliphatic heterocycles. The summed E-state index contributed by atoms with van der Waals surface area (Å²) < 4.78 is 0.946. The Labute approximate surface area is 156 Å². The van der Waals surface area contributed by atoms with E-state index in [0.29, 0.717) is 12.2 Å². The summed E-state index contributed by atoms with van der Waals surface area (Å²) in [6, 6.07) is 6.62. The van der Waals surface area contributed by atoms with E-state index in [4.69, 9.17) is 11.6 Å². The third kappa shape index (κ3) is 5.81. The van der Waals surface area contributed by atoms with Gasteiger partial charge in [0.25, 0.3) is 0 Å². The van der Waals surface area contributed by atoms with Crippen molar-refractivity contribution in [2.24, 2.45) is 0 Å². The molecule has 24 heavy (non-hydrogen) atoms. The lowest BCUT2D eigenvalue weighted by molar-refractivity contribution is -0.137. The lowest BCUT2D eigenvalue weighted by atomic mass is 10.2. The van der Waals surface area contributed by atoms with Crippen LogP contribution in [0.5, 0.6) is 0 Å². The van der Waals surface area contributed by atoms with Gasteiger partial charge >= 0.3 is 5.97 Å².